The predicted octanol–water partition coefficient (Wildman–Crippen LogP) is 18.8. The number of benzene rings is 3. The summed E-state index contributed by atoms with van der Waals surface area (Å²) in [7, 11) is 0. The monoisotopic (exact) mass is 1040 g/mol. The van der Waals surface area contributed by atoms with Crippen molar-refractivity contribution in [3.63, 3.8) is 0 Å². The van der Waals surface area contributed by atoms with Crippen LogP contribution in [0.5, 0.6) is 11.5 Å². The third-order valence-corrected chi connectivity index (χ3v) is 25.4. The summed E-state index contributed by atoms with van der Waals surface area (Å²) >= 11 is 0. The van der Waals surface area contributed by atoms with E-state index in [2.05, 4.69) is 111 Å². The fourth-order valence-electron chi connectivity index (χ4n) is 23.1. The van der Waals surface area contributed by atoms with Gasteiger partial charge in [-0.25, -0.2) is 0 Å². The molecule has 16 unspecified atom stereocenters. The van der Waals surface area contributed by atoms with Crippen LogP contribution in [-0.2, 0) is 5.41 Å². The van der Waals surface area contributed by atoms with Crippen molar-refractivity contribution in [1.82, 2.24) is 0 Å². The van der Waals surface area contributed by atoms with Crippen LogP contribution in [0.4, 0.5) is 0 Å². The summed E-state index contributed by atoms with van der Waals surface area (Å²) in [6.07, 6.45) is 49.4. The highest BCUT2D eigenvalue weighted by atomic mass is 16.5. The van der Waals surface area contributed by atoms with Crippen LogP contribution in [0.2, 0.25) is 0 Å². The molecule has 2 nitrogen and oxygen atoms in total. The molecule has 0 N–H and O–H groups in total. The van der Waals surface area contributed by atoms with Gasteiger partial charge in [-0.2, -0.15) is 0 Å². The first-order valence-electron chi connectivity index (χ1n) is 33.4. The largest absolute Gasteiger partial charge is 0.494 e. The molecule has 0 radical (unpaired) electrons. The molecule has 402 valence electrons. The van der Waals surface area contributed by atoms with E-state index in [1.54, 1.807) is 39.0 Å². The minimum atomic E-state index is -0.279. The van der Waals surface area contributed by atoms with E-state index in [-0.39, 0.29) is 5.41 Å². The third kappa shape index (κ3) is 5.64. The van der Waals surface area contributed by atoms with E-state index < -0.39 is 0 Å². The molecule has 0 aliphatic heterocycles. The molecule has 79 heavy (non-hydrogen) atoms. The number of hydrogen-bond donors (Lipinski definition) is 0. The van der Waals surface area contributed by atoms with Crippen LogP contribution < -0.4 is 9.47 Å². The topological polar surface area (TPSA) is 18.5 Å². The van der Waals surface area contributed by atoms with Crippen LogP contribution in [-0.4, -0.2) is 13.2 Å². The Balaban J connectivity index is 0.707. The zero-order chi connectivity index (χ0) is 51.6. The molecule has 3 fully saturated rings. The SMILES string of the molecule is CCCCCCCCCCCCOc1ccc(C2(c3ccc(OCCCCCCCCCCCC)cc3)C3=C2C2C4C=CC5C6C=CC7C8C=CC9C%10C=CC%11=C3C3c%12c%13c%14c(c%10c%12%11)C9C8C8=C%14C9=C(C6C87)C5C4C(=C9%13)C32)cc1. The first-order chi connectivity index (χ1) is 39.3. The van der Waals surface area contributed by atoms with Crippen molar-refractivity contribution in [2.45, 2.75) is 165 Å². The van der Waals surface area contributed by atoms with Crippen LogP contribution in [0.15, 0.2) is 136 Å². The van der Waals surface area contributed by atoms with Crippen molar-refractivity contribution in [3.05, 3.63) is 181 Å². The van der Waals surface area contributed by atoms with Gasteiger partial charge in [0.1, 0.15) is 11.5 Å². The first kappa shape index (κ1) is 46.5. The fourth-order valence-corrected chi connectivity index (χ4v) is 23.1. The standard InChI is InChI=1S/C77H82O2/c1-3-5-7-9-11-13-15-17-19-21-39-78-43-27-23-41(24-28-43)77(42-25-29-44(30-26-42)79-40-22-20-18-16-14-12-10-8-6-4-2)75-61-51-37-35-49-47-33-31-45-46-32-34-48-50-36-38-52-60-58(50)65-56(48)54(46)63-53(45)55(47)64-57(49)59(51)66-68(61)69(62(52)76(75)77)67(60)74-72(65)70(63)71(64)73(66)74/h23-38,45-51,53-57,59,61,68-69H,3-22,39-40H2,1-2H3. The van der Waals surface area contributed by atoms with Gasteiger partial charge in [-0.1, -0.05) is 219 Å². The van der Waals surface area contributed by atoms with Gasteiger partial charge in [0.15, 0.2) is 0 Å². The van der Waals surface area contributed by atoms with Gasteiger partial charge in [0.25, 0.3) is 0 Å². The zero-order valence-electron chi connectivity index (χ0n) is 47.3. The van der Waals surface area contributed by atoms with Gasteiger partial charge in [-0.05, 0) is 203 Å². The van der Waals surface area contributed by atoms with E-state index in [9.17, 15) is 0 Å². The molecule has 16 atom stereocenters. The summed E-state index contributed by atoms with van der Waals surface area (Å²) in [4.78, 5) is 0. The van der Waals surface area contributed by atoms with Crippen molar-refractivity contribution in [1.29, 1.82) is 0 Å². The lowest BCUT2D eigenvalue weighted by Gasteiger charge is -2.45. The highest BCUT2D eigenvalue weighted by molar-refractivity contribution is 6.18. The second-order valence-corrected chi connectivity index (χ2v) is 28.5. The molecular weight excluding hydrogens is 957 g/mol. The van der Waals surface area contributed by atoms with Crippen molar-refractivity contribution >= 4 is 16.7 Å². The Morgan fingerprint density at radius 2 is 0.823 bits per heavy atom. The average molecular weight is 1040 g/mol. The van der Waals surface area contributed by atoms with Crippen molar-refractivity contribution < 1.29 is 9.47 Å². The number of unbranched alkanes of at least 4 members (excludes halogenated alkanes) is 18. The smallest absolute Gasteiger partial charge is 0.119 e. The third-order valence-electron chi connectivity index (χ3n) is 25.4. The second-order valence-electron chi connectivity index (χ2n) is 28.5. The van der Waals surface area contributed by atoms with Gasteiger partial charge in [0, 0.05) is 11.8 Å². The first-order valence-corrected chi connectivity index (χ1v) is 33.4. The summed E-state index contributed by atoms with van der Waals surface area (Å²) in [6.45, 7) is 6.24. The maximum atomic E-state index is 6.64. The molecule has 16 aliphatic rings. The number of allylic oxidation sites excluding steroid dienone is 18. The van der Waals surface area contributed by atoms with Crippen molar-refractivity contribution in [2.24, 2.45) is 76.9 Å². The lowest BCUT2D eigenvalue weighted by molar-refractivity contribution is 0.240. The lowest BCUT2D eigenvalue weighted by Crippen LogP contribution is -2.35. The fraction of sp³-hybridized carbons (Fsp3) is 0.532. The van der Waals surface area contributed by atoms with Gasteiger partial charge in [0.2, 0.25) is 0 Å². The van der Waals surface area contributed by atoms with Gasteiger partial charge >= 0.3 is 0 Å². The number of hydrogen-bond acceptors (Lipinski definition) is 2. The van der Waals surface area contributed by atoms with E-state index in [0.717, 1.165) is 37.6 Å². The molecule has 2 heteroatoms. The Morgan fingerprint density at radius 1 is 0.380 bits per heavy atom. The van der Waals surface area contributed by atoms with Crippen molar-refractivity contribution in [2.75, 3.05) is 13.2 Å². The summed E-state index contributed by atoms with van der Waals surface area (Å²) in [5, 5.41) is 0. The second kappa shape index (κ2) is 17.0. The van der Waals surface area contributed by atoms with Gasteiger partial charge in [-0.3, -0.25) is 0 Å². The summed E-state index contributed by atoms with van der Waals surface area (Å²) in [6, 6.07) is 19.5. The van der Waals surface area contributed by atoms with Crippen LogP contribution in [0.1, 0.15) is 205 Å². The number of ether oxygens (including phenoxy) is 2. The van der Waals surface area contributed by atoms with E-state index in [1.165, 1.54) is 127 Å². The Bertz CT molecular complexity index is 3410. The number of rotatable bonds is 26. The van der Waals surface area contributed by atoms with Crippen molar-refractivity contribution in [3.8, 4) is 11.5 Å². The van der Waals surface area contributed by atoms with E-state index >= 15 is 0 Å². The maximum absolute atomic E-state index is 6.64. The molecule has 0 spiro atoms. The normalized spacial score (nSPS) is 36.0. The average Bonchev–Trinajstić information content (AvgIpc) is 2.08. The molecule has 0 amide bonds. The molecule has 3 aromatic rings. The van der Waals surface area contributed by atoms with Crippen LogP contribution in [0.25, 0.3) is 16.7 Å². The predicted molar refractivity (Wildman–Crippen MR) is 320 cm³/mol. The quantitative estimate of drug-likeness (QED) is 0.0589. The zero-order valence-corrected chi connectivity index (χ0v) is 47.3. The van der Waals surface area contributed by atoms with Crippen LogP contribution in [0.3, 0.4) is 0 Å². The minimum absolute atomic E-state index is 0.279. The summed E-state index contributed by atoms with van der Waals surface area (Å²) < 4.78 is 13.3. The molecule has 3 saturated carbocycles. The highest BCUT2D eigenvalue weighted by Gasteiger charge is 2.78. The molecule has 0 heterocycles. The highest BCUT2D eigenvalue weighted by Crippen LogP contribution is 2.88. The molecule has 3 aromatic carbocycles. The Morgan fingerprint density at radius 3 is 1.37 bits per heavy atom. The molecule has 0 aromatic heterocycles. The molecule has 16 aliphatic carbocycles. The van der Waals surface area contributed by atoms with E-state index in [0.29, 0.717) is 94.7 Å². The molecular formula is C77H82O2. The minimum Gasteiger partial charge on any atom is -0.494 e. The van der Waals surface area contributed by atoms with Crippen LogP contribution in [0, 0.1) is 76.9 Å². The summed E-state index contributed by atoms with van der Waals surface area (Å²) in [5.41, 5.74) is 31.8. The molecule has 19 rings (SSSR count). The Kier molecular flexibility index (Phi) is 10.0. The Labute approximate surface area is 471 Å². The lowest BCUT2D eigenvalue weighted by atomic mass is 9.58. The van der Waals surface area contributed by atoms with Gasteiger partial charge < -0.3 is 9.47 Å². The van der Waals surface area contributed by atoms with Gasteiger partial charge in [-0.15, -0.1) is 0 Å². The molecule has 0 saturated heterocycles. The van der Waals surface area contributed by atoms with Crippen LogP contribution >= 0.6 is 0 Å². The van der Waals surface area contributed by atoms with E-state index in [4.69, 9.17) is 9.47 Å². The maximum Gasteiger partial charge on any atom is 0.119 e. The number of fused-ring (bicyclic) bond motifs is 6. The summed E-state index contributed by atoms with van der Waals surface area (Å²) in [5.74, 6) is 11.7. The molecule has 0 bridgehead atoms. The Hall–Kier alpha value is -5.08. The van der Waals surface area contributed by atoms with E-state index in [1.807, 2.05) is 50.1 Å². The van der Waals surface area contributed by atoms with Gasteiger partial charge in [0.05, 0.1) is 18.6 Å².